The van der Waals surface area contributed by atoms with Crippen molar-refractivity contribution in [2.75, 3.05) is 37.0 Å². The van der Waals surface area contributed by atoms with Crippen molar-refractivity contribution in [3.8, 4) is 5.75 Å². The van der Waals surface area contributed by atoms with Gasteiger partial charge in [0.15, 0.2) is 0 Å². The number of benzene rings is 2. The third-order valence-electron chi connectivity index (χ3n) is 3.17. The maximum absolute atomic E-state index is 12.2. The van der Waals surface area contributed by atoms with Crippen molar-refractivity contribution in [3.05, 3.63) is 52.5 Å². The van der Waals surface area contributed by atoms with E-state index in [1.54, 1.807) is 30.3 Å². The van der Waals surface area contributed by atoms with Crippen LogP contribution in [-0.2, 0) is 9.53 Å². The van der Waals surface area contributed by atoms with E-state index in [9.17, 15) is 4.79 Å². The molecule has 134 valence electrons. The molecule has 0 aliphatic carbocycles. The monoisotopic (exact) mass is 382 g/mol. The molecule has 0 aromatic heterocycles. The minimum atomic E-state index is -0.211. The van der Waals surface area contributed by atoms with Crippen LogP contribution in [0.15, 0.2) is 42.5 Å². The Morgan fingerprint density at radius 1 is 1.08 bits per heavy atom. The number of rotatable bonds is 9. The highest BCUT2D eigenvalue weighted by atomic mass is 35.5. The number of carbonyl (C=O) groups excluding carboxylic acids is 1. The molecule has 2 N–H and O–H groups in total. The summed E-state index contributed by atoms with van der Waals surface area (Å²) in [5.41, 5.74) is 1.28. The molecule has 0 fully saturated rings. The van der Waals surface area contributed by atoms with Crippen LogP contribution in [0.5, 0.6) is 5.75 Å². The molecule has 0 saturated carbocycles. The van der Waals surface area contributed by atoms with Gasteiger partial charge in [-0.2, -0.15) is 0 Å². The molecule has 0 unspecified atom stereocenters. The first kappa shape index (κ1) is 19.4. The molecule has 0 radical (unpaired) electrons. The van der Waals surface area contributed by atoms with Gasteiger partial charge < -0.3 is 20.1 Å². The van der Waals surface area contributed by atoms with E-state index in [1.165, 1.54) is 0 Å². The first-order valence-electron chi connectivity index (χ1n) is 7.88. The Balaban J connectivity index is 1.89. The molecule has 2 rings (SSSR count). The van der Waals surface area contributed by atoms with Crippen LogP contribution in [0.25, 0.3) is 0 Å². The number of para-hydroxylation sites is 2. The lowest BCUT2D eigenvalue weighted by Gasteiger charge is -2.13. The number of halogens is 2. The molecule has 0 atom stereocenters. The number of ether oxygens (including phenoxy) is 2. The van der Waals surface area contributed by atoms with Gasteiger partial charge in [-0.1, -0.05) is 35.3 Å². The fraction of sp³-hybridized carbons (Fsp3) is 0.278. The molecule has 1 amide bonds. The summed E-state index contributed by atoms with van der Waals surface area (Å²) in [4.78, 5) is 12.2. The second kappa shape index (κ2) is 10.1. The summed E-state index contributed by atoms with van der Waals surface area (Å²) >= 11 is 11.9. The predicted molar refractivity (Wildman–Crippen MR) is 102 cm³/mol. The second-order valence-electron chi connectivity index (χ2n) is 5.10. The van der Waals surface area contributed by atoms with E-state index in [2.05, 4.69) is 10.6 Å². The van der Waals surface area contributed by atoms with Crippen molar-refractivity contribution >= 4 is 40.5 Å². The molecular formula is C18H20Cl2N2O3. The summed E-state index contributed by atoms with van der Waals surface area (Å²) in [5.74, 6) is 0.387. The Bertz CT molecular complexity index is 690. The summed E-state index contributed by atoms with van der Waals surface area (Å²) in [6, 6.07) is 12.3. The second-order valence-corrected chi connectivity index (χ2v) is 5.97. The molecule has 0 aliphatic heterocycles. The molecule has 2 aromatic carbocycles. The van der Waals surface area contributed by atoms with Gasteiger partial charge in [-0.15, -0.1) is 0 Å². The Hall–Kier alpha value is -1.95. The average molecular weight is 383 g/mol. The molecule has 0 aliphatic rings. The van der Waals surface area contributed by atoms with Gasteiger partial charge in [-0.25, -0.2) is 0 Å². The zero-order valence-corrected chi connectivity index (χ0v) is 15.4. The van der Waals surface area contributed by atoms with Gasteiger partial charge in [-0.05, 0) is 37.3 Å². The number of hydrogen-bond acceptors (Lipinski definition) is 4. The SMILES string of the molecule is CCOCCOc1ccccc1NC(=O)CNc1cc(Cl)cc(Cl)c1. The van der Waals surface area contributed by atoms with Crippen molar-refractivity contribution in [1.82, 2.24) is 0 Å². The van der Waals surface area contributed by atoms with Crippen LogP contribution in [-0.4, -0.2) is 32.3 Å². The van der Waals surface area contributed by atoms with Crippen LogP contribution in [0.2, 0.25) is 10.0 Å². The average Bonchev–Trinajstić information content (AvgIpc) is 2.57. The van der Waals surface area contributed by atoms with Crippen LogP contribution in [0.3, 0.4) is 0 Å². The highest BCUT2D eigenvalue weighted by Gasteiger charge is 2.08. The summed E-state index contributed by atoms with van der Waals surface area (Å²) in [5, 5.41) is 6.81. The van der Waals surface area contributed by atoms with E-state index >= 15 is 0 Å². The Morgan fingerprint density at radius 2 is 1.80 bits per heavy atom. The van der Waals surface area contributed by atoms with Gasteiger partial charge in [0.05, 0.1) is 18.8 Å². The molecular weight excluding hydrogens is 363 g/mol. The topological polar surface area (TPSA) is 59.6 Å². The molecule has 0 bridgehead atoms. The minimum Gasteiger partial charge on any atom is -0.489 e. The van der Waals surface area contributed by atoms with Crippen LogP contribution in [0.1, 0.15) is 6.92 Å². The van der Waals surface area contributed by atoms with E-state index in [0.29, 0.717) is 47.0 Å². The quantitative estimate of drug-likeness (QED) is 0.628. The third kappa shape index (κ3) is 6.82. The lowest BCUT2D eigenvalue weighted by molar-refractivity contribution is -0.114. The van der Waals surface area contributed by atoms with Crippen molar-refractivity contribution < 1.29 is 14.3 Å². The zero-order chi connectivity index (χ0) is 18.1. The Kier molecular flexibility index (Phi) is 7.85. The minimum absolute atomic E-state index is 0.0734. The first-order valence-corrected chi connectivity index (χ1v) is 8.63. The fourth-order valence-corrected chi connectivity index (χ4v) is 2.61. The number of hydrogen-bond donors (Lipinski definition) is 2. The van der Waals surface area contributed by atoms with Gasteiger partial charge in [0.25, 0.3) is 0 Å². The van der Waals surface area contributed by atoms with E-state index < -0.39 is 0 Å². The first-order chi connectivity index (χ1) is 12.1. The zero-order valence-electron chi connectivity index (χ0n) is 13.9. The maximum atomic E-state index is 12.2. The summed E-state index contributed by atoms with van der Waals surface area (Å²) in [7, 11) is 0. The Morgan fingerprint density at radius 3 is 2.52 bits per heavy atom. The van der Waals surface area contributed by atoms with Crippen LogP contribution in [0.4, 0.5) is 11.4 Å². The fourth-order valence-electron chi connectivity index (χ4n) is 2.08. The van der Waals surface area contributed by atoms with Gasteiger partial charge in [0.2, 0.25) is 5.91 Å². The number of anilines is 2. The third-order valence-corrected chi connectivity index (χ3v) is 3.60. The standard InChI is InChI=1S/C18H20Cl2N2O3/c1-2-24-7-8-25-17-6-4-3-5-16(17)22-18(23)12-21-15-10-13(19)9-14(20)11-15/h3-6,9-11,21H,2,7-8,12H2,1H3,(H,22,23). The largest absolute Gasteiger partial charge is 0.489 e. The highest BCUT2D eigenvalue weighted by molar-refractivity contribution is 6.35. The normalized spacial score (nSPS) is 10.4. The van der Waals surface area contributed by atoms with E-state index in [4.69, 9.17) is 32.7 Å². The molecule has 0 heterocycles. The number of carbonyl (C=O) groups is 1. The summed E-state index contributed by atoms with van der Waals surface area (Å²) < 4.78 is 10.9. The lowest BCUT2D eigenvalue weighted by atomic mass is 10.3. The summed E-state index contributed by atoms with van der Waals surface area (Å²) in [6.45, 7) is 3.55. The summed E-state index contributed by atoms with van der Waals surface area (Å²) in [6.07, 6.45) is 0. The highest BCUT2D eigenvalue weighted by Crippen LogP contribution is 2.24. The molecule has 0 spiro atoms. The number of nitrogens with one attached hydrogen (secondary N) is 2. The van der Waals surface area contributed by atoms with Crippen molar-refractivity contribution in [1.29, 1.82) is 0 Å². The van der Waals surface area contributed by atoms with Crippen LogP contribution in [0, 0.1) is 0 Å². The van der Waals surface area contributed by atoms with Gasteiger partial charge in [-0.3, -0.25) is 4.79 Å². The van der Waals surface area contributed by atoms with Gasteiger partial charge in [0, 0.05) is 22.3 Å². The predicted octanol–water partition coefficient (Wildman–Crippen LogP) is 4.46. The molecule has 2 aromatic rings. The Labute approximate surface area is 157 Å². The van der Waals surface area contributed by atoms with E-state index in [0.717, 1.165) is 0 Å². The van der Waals surface area contributed by atoms with Crippen molar-refractivity contribution in [2.45, 2.75) is 6.92 Å². The smallest absolute Gasteiger partial charge is 0.243 e. The van der Waals surface area contributed by atoms with Gasteiger partial charge in [0.1, 0.15) is 12.4 Å². The molecule has 7 heteroatoms. The lowest BCUT2D eigenvalue weighted by Crippen LogP contribution is -2.22. The molecule has 0 saturated heterocycles. The van der Waals surface area contributed by atoms with Crippen LogP contribution < -0.4 is 15.4 Å². The van der Waals surface area contributed by atoms with Crippen LogP contribution >= 0.6 is 23.2 Å². The van der Waals surface area contributed by atoms with Crippen molar-refractivity contribution in [2.24, 2.45) is 0 Å². The van der Waals surface area contributed by atoms with E-state index in [1.807, 2.05) is 19.1 Å². The van der Waals surface area contributed by atoms with Crippen molar-refractivity contribution in [3.63, 3.8) is 0 Å². The molecule has 25 heavy (non-hydrogen) atoms. The van der Waals surface area contributed by atoms with Gasteiger partial charge >= 0.3 is 0 Å². The molecule has 5 nitrogen and oxygen atoms in total. The van der Waals surface area contributed by atoms with E-state index in [-0.39, 0.29) is 12.5 Å². The number of amides is 1. The maximum Gasteiger partial charge on any atom is 0.243 e.